The Morgan fingerprint density at radius 2 is 2.27 bits per heavy atom. The minimum atomic E-state index is -0.650. The van der Waals surface area contributed by atoms with E-state index in [1.54, 1.807) is 6.92 Å². The van der Waals surface area contributed by atoms with E-state index in [2.05, 4.69) is 10.1 Å². The first-order chi connectivity index (χ1) is 7.13. The predicted octanol–water partition coefficient (Wildman–Crippen LogP) is -0.920. The lowest BCUT2D eigenvalue weighted by atomic mass is 10.3. The smallest absolute Gasteiger partial charge is 0.328 e. The van der Waals surface area contributed by atoms with Gasteiger partial charge in [0.15, 0.2) is 0 Å². The Bertz CT molecular complexity index is 239. The Hall–Kier alpha value is -1.14. The fourth-order valence-corrected chi connectivity index (χ4v) is 0.966. The second kappa shape index (κ2) is 5.67. The van der Waals surface area contributed by atoms with Gasteiger partial charge in [-0.15, -0.1) is 0 Å². The largest absolute Gasteiger partial charge is 0.467 e. The van der Waals surface area contributed by atoms with Gasteiger partial charge in [0.05, 0.1) is 20.3 Å². The first-order valence-corrected chi connectivity index (χ1v) is 4.70. The molecule has 1 fully saturated rings. The van der Waals surface area contributed by atoms with Crippen molar-refractivity contribution in [2.24, 2.45) is 0 Å². The molecule has 0 spiro atoms. The number of esters is 1. The predicted molar refractivity (Wildman–Crippen MR) is 50.2 cm³/mol. The molecule has 0 radical (unpaired) electrons. The molecule has 0 aliphatic carbocycles. The third-order valence-electron chi connectivity index (χ3n) is 1.87. The average Bonchev–Trinajstić information content (AvgIpc) is 3.00. The zero-order chi connectivity index (χ0) is 11.3. The molecule has 1 N–H and O–H groups in total. The summed E-state index contributed by atoms with van der Waals surface area (Å²) < 4.78 is 14.4. The first kappa shape index (κ1) is 11.9. The number of epoxide rings is 1. The number of hydrogen-bond donors (Lipinski definition) is 1. The van der Waals surface area contributed by atoms with E-state index in [1.165, 1.54) is 7.11 Å². The van der Waals surface area contributed by atoms with Crippen molar-refractivity contribution in [2.45, 2.75) is 19.1 Å². The second-order valence-corrected chi connectivity index (χ2v) is 3.28. The van der Waals surface area contributed by atoms with Gasteiger partial charge in [-0.3, -0.25) is 4.79 Å². The number of amides is 1. The van der Waals surface area contributed by atoms with Crippen LogP contribution in [0.3, 0.4) is 0 Å². The van der Waals surface area contributed by atoms with Crippen LogP contribution in [0, 0.1) is 0 Å². The summed E-state index contributed by atoms with van der Waals surface area (Å²) in [4.78, 5) is 22.1. The van der Waals surface area contributed by atoms with Crippen LogP contribution >= 0.6 is 0 Å². The van der Waals surface area contributed by atoms with Gasteiger partial charge < -0.3 is 19.5 Å². The molecule has 0 aromatic carbocycles. The molecule has 0 aromatic heterocycles. The van der Waals surface area contributed by atoms with Crippen molar-refractivity contribution in [1.29, 1.82) is 0 Å². The number of hydrogen-bond acceptors (Lipinski definition) is 5. The molecule has 0 aromatic rings. The summed E-state index contributed by atoms with van der Waals surface area (Å²) >= 11 is 0. The molecule has 1 rings (SSSR count). The zero-order valence-corrected chi connectivity index (χ0v) is 8.82. The molecule has 1 amide bonds. The van der Waals surface area contributed by atoms with Crippen LogP contribution in [0.5, 0.6) is 0 Å². The Balaban J connectivity index is 2.07. The molecule has 0 bridgehead atoms. The molecule has 1 heterocycles. The van der Waals surface area contributed by atoms with Crippen LogP contribution in [0.15, 0.2) is 0 Å². The van der Waals surface area contributed by atoms with Crippen molar-refractivity contribution in [3.63, 3.8) is 0 Å². The molecule has 86 valence electrons. The van der Waals surface area contributed by atoms with Crippen LogP contribution in [0.1, 0.15) is 6.92 Å². The maximum Gasteiger partial charge on any atom is 0.328 e. The van der Waals surface area contributed by atoms with Gasteiger partial charge >= 0.3 is 5.97 Å². The lowest BCUT2D eigenvalue weighted by Gasteiger charge is -2.11. The third-order valence-corrected chi connectivity index (χ3v) is 1.87. The fourth-order valence-electron chi connectivity index (χ4n) is 0.966. The van der Waals surface area contributed by atoms with E-state index >= 15 is 0 Å². The van der Waals surface area contributed by atoms with Crippen LogP contribution in [0.2, 0.25) is 0 Å². The van der Waals surface area contributed by atoms with Crippen molar-refractivity contribution in [2.75, 3.05) is 26.9 Å². The number of nitrogens with one attached hydrogen (secondary N) is 1. The SMILES string of the molecule is COC(=O)C(C)NC(=O)COCC1CO1. The molecule has 1 aliphatic heterocycles. The zero-order valence-electron chi connectivity index (χ0n) is 8.82. The molecule has 6 nitrogen and oxygen atoms in total. The number of carbonyl (C=O) groups is 2. The van der Waals surface area contributed by atoms with E-state index in [0.29, 0.717) is 13.2 Å². The maximum atomic E-state index is 11.2. The van der Waals surface area contributed by atoms with Gasteiger partial charge in [-0.25, -0.2) is 4.79 Å². The standard InChI is InChI=1S/C9H15NO5/c1-6(9(12)13-2)10-8(11)5-14-3-7-4-15-7/h6-7H,3-5H2,1-2H3,(H,10,11). The minimum absolute atomic E-state index is 0.0683. The van der Waals surface area contributed by atoms with Gasteiger partial charge in [0, 0.05) is 0 Å². The Morgan fingerprint density at radius 1 is 1.60 bits per heavy atom. The van der Waals surface area contributed by atoms with Crippen molar-refractivity contribution >= 4 is 11.9 Å². The van der Waals surface area contributed by atoms with Crippen molar-refractivity contribution in [3.8, 4) is 0 Å². The van der Waals surface area contributed by atoms with Crippen LogP contribution < -0.4 is 5.32 Å². The fraction of sp³-hybridized carbons (Fsp3) is 0.778. The first-order valence-electron chi connectivity index (χ1n) is 4.70. The van der Waals surface area contributed by atoms with E-state index in [1.807, 2.05) is 0 Å². The topological polar surface area (TPSA) is 77.2 Å². The van der Waals surface area contributed by atoms with E-state index in [0.717, 1.165) is 0 Å². The minimum Gasteiger partial charge on any atom is -0.467 e. The monoisotopic (exact) mass is 217 g/mol. The van der Waals surface area contributed by atoms with Crippen molar-refractivity contribution in [1.82, 2.24) is 5.32 Å². The van der Waals surface area contributed by atoms with Gasteiger partial charge in [-0.1, -0.05) is 0 Å². The Morgan fingerprint density at radius 3 is 2.80 bits per heavy atom. The lowest BCUT2D eigenvalue weighted by Crippen LogP contribution is -2.41. The van der Waals surface area contributed by atoms with Crippen LogP contribution in [0.4, 0.5) is 0 Å². The summed E-state index contributed by atoms with van der Waals surface area (Å²) in [7, 11) is 1.27. The van der Waals surface area contributed by atoms with E-state index in [4.69, 9.17) is 9.47 Å². The van der Waals surface area contributed by atoms with E-state index in [-0.39, 0.29) is 18.6 Å². The quantitative estimate of drug-likeness (QED) is 0.460. The number of ether oxygens (including phenoxy) is 3. The summed E-state index contributed by atoms with van der Waals surface area (Å²) in [6.07, 6.45) is 0.135. The van der Waals surface area contributed by atoms with Gasteiger partial charge in [-0.2, -0.15) is 0 Å². The number of rotatable bonds is 6. The van der Waals surface area contributed by atoms with Gasteiger partial charge in [0.2, 0.25) is 5.91 Å². The highest BCUT2D eigenvalue weighted by molar-refractivity contribution is 5.84. The maximum absolute atomic E-state index is 11.2. The highest BCUT2D eigenvalue weighted by Crippen LogP contribution is 2.07. The van der Waals surface area contributed by atoms with Gasteiger partial charge in [-0.05, 0) is 6.92 Å². The van der Waals surface area contributed by atoms with Gasteiger partial charge in [0.1, 0.15) is 18.8 Å². The summed E-state index contributed by atoms with van der Waals surface area (Å²) in [6.45, 7) is 2.59. The summed E-state index contributed by atoms with van der Waals surface area (Å²) in [5.74, 6) is -0.817. The Labute approximate surface area is 87.9 Å². The second-order valence-electron chi connectivity index (χ2n) is 3.28. The third kappa shape index (κ3) is 4.75. The molecule has 1 aliphatic rings. The summed E-state index contributed by atoms with van der Waals surface area (Å²) in [5.41, 5.74) is 0. The molecular formula is C9H15NO5. The molecule has 6 heteroatoms. The van der Waals surface area contributed by atoms with Crippen molar-refractivity contribution < 1.29 is 23.8 Å². The van der Waals surface area contributed by atoms with Crippen LogP contribution in [-0.2, 0) is 23.8 Å². The van der Waals surface area contributed by atoms with E-state index < -0.39 is 12.0 Å². The van der Waals surface area contributed by atoms with Crippen LogP contribution in [0.25, 0.3) is 0 Å². The molecule has 2 unspecified atom stereocenters. The molecule has 2 atom stereocenters. The normalized spacial score (nSPS) is 20.5. The number of carbonyl (C=O) groups excluding carboxylic acids is 2. The molecule has 0 saturated carbocycles. The lowest BCUT2D eigenvalue weighted by molar-refractivity contribution is -0.145. The molecular weight excluding hydrogens is 202 g/mol. The van der Waals surface area contributed by atoms with Gasteiger partial charge in [0.25, 0.3) is 0 Å². The summed E-state index contributed by atoms with van der Waals surface area (Å²) in [5, 5.41) is 2.45. The molecule has 15 heavy (non-hydrogen) atoms. The Kier molecular flexibility index (Phi) is 4.51. The highest BCUT2D eigenvalue weighted by atomic mass is 16.6. The molecule has 1 saturated heterocycles. The number of methoxy groups -OCH3 is 1. The summed E-state index contributed by atoms with van der Waals surface area (Å²) in [6, 6.07) is -0.650. The highest BCUT2D eigenvalue weighted by Gasteiger charge is 2.23. The van der Waals surface area contributed by atoms with Crippen molar-refractivity contribution in [3.05, 3.63) is 0 Å². The van der Waals surface area contributed by atoms with E-state index in [9.17, 15) is 9.59 Å². The van der Waals surface area contributed by atoms with Crippen LogP contribution in [-0.4, -0.2) is 51.0 Å². The average molecular weight is 217 g/mol.